The van der Waals surface area contributed by atoms with Gasteiger partial charge in [-0.1, -0.05) is 12.1 Å². The first kappa shape index (κ1) is 9.71. The molecule has 0 saturated heterocycles. The largest absolute Gasteiger partial charge is 0.399 e. The molecule has 0 bridgehead atoms. The Hall–Kier alpha value is -1.83. The molecule has 2 N–H and O–H groups in total. The maximum atomic E-state index is 5.66. The average molecular weight is 198 g/mol. The van der Waals surface area contributed by atoms with Crippen LogP contribution in [-0.2, 0) is 0 Å². The molecule has 2 aromatic rings. The van der Waals surface area contributed by atoms with E-state index in [9.17, 15) is 0 Å². The molecule has 76 valence electrons. The van der Waals surface area contributed by atoms with E-state index in [2.05, 4.69) is 11.9 Å². The van der Waals surface area contributed by atoms with E-state index in [1.807, 2.05) is 43.5 Å². The molecule has 2 rings (SSSR count). The van der Waals surface area contributed by atoms with E-state index in [-0.39, 0.29) is 0 Å². The molecule has 0 aliphatic carbocycles. The predicted octanol–water partition coefficient (Wildman–Crippen LogP) is 2.95. The molecule has 0 aliphatic rings. The van der Waals surface area contributed by atoms with Gasteiger partial charge in [0, 0.05) is 17.6 Å². The highest BCUT2D eigenvalue weighted by molar-refractivity contribution is 5.68. The Labute approximate surface area is 89.8 Å². The summed E-state index contributed by atoms with van der Waals surface area (Å²) in [4.78, 5) is 4.26. The van der Waals surface area contributed by atoms with Crippen LogP contribution in [0.3, 0.4) is 0 Å². The third-order valence-electron chi connectivity index (χ3n) is 2.68. The summed E-state index contributed by atoms with van der Waals surface area (Å²) in [5.74, 6) is 0. The number of hydrogen-bond acceptors (Lipinski definition) is 2. The lowest BCUT2D eigenvalue weighted by Gasteiger charge is -2.07. The number of pyridine rings is 1. The molecule has 15 heavy (non-hydrogen) atoms. The van der Waals surface area contributed by atoms with Crippen LogP contribution >= 0.6 is 0 Å². The number of nitrogens with zero attached hydrogens (tertiary/aromatic N) is 1. The Morgan fingerprint density at radius 1 is 1.00 bits per heavy atom. The van der Waals surface area contributed by atoms with Crippen molar-refractivity contribution in [1.82, 2.24) is 4.98 Å². The number of nitrogen functional groups attached to an aromatic ring is 1. The summed E-state index contributed by atoms with van der Waals surface area (Å²) in [5.41, 5.74) is 11.2. The van der Waals surface area contributed by atoms with Crippen molar-refractivity contribution < 1.29 is 0 Å². The minimum absolute atomic E-state index is 0.794. The predicted molar refractivity (Wildman–Crippen MR) is 63.6 cm³/mol. The normalized spacial score (nSPS) is 10.3. The standard InChI is InChI=1S/C13H14N2/c1-9-10(2)15-8-7-13(9)11-3-5-12(14)6-4-11/h3-8H,14H2,1-2H3. The van der Waals surface area contributed by atoms with Crippen molar-refractivity contribution in [2.45, 2.75) is 13.8 Å². The Morgan fingerprint density at radius 2 is 1.67 bits per heavy atom. The second-order valence-corrected chi connectivity index (χ2v) is 3.69. The fourth-order valence-electron chi connectivity index (χ4n) is 1.62. The van der Waals surface area contributed by atoms with Gasteiger partial charge in [0.1, 0.15) is 0 Å². The highest BCUT2D eigenvalue weighted by atomic mass is 14.7. The van der Waals surface area contributed by atoms with E-state index >= 15 is 0 Å². The van der Waals surface area contributed by atoms with Crippen LogP contribution in [0.4, 0.5) is 5.69 Å². The Kier molecular flexibility index (Phi) is 2.42. The lowest BCUT2D eigenvalue weighted by molar-refractivity contribution is 1.15. The molecular weight excluding hydrogens is 184 g/mol. The summed E-state index contributed by atoms with van der Waals surface area (Å²) in [6, 6.07) is 9.96. The zero-order chi connectivity index (χ0) is 10.8. The SMILES string of the molecule is Cc1nccc(-c2ccc(N)cc2)c1C. The third kappa shape index (κ3) is 1.84. The van der Waals surface area contributed by atoms with Gasteiger partial charge in [-0.05, 0) is 48.7 Å². The molecule has 1 heterocycles. The smallest absolute Gasteiger partial charge is 0.0407 e. The van der Waals surface area contributed by atoms with Crippen molar-refractivity contribution in [3.63, 3.8) is 0 Å². The van der Waals surface area contributed by atoms with Crippen LogP contribution in [0.2, 0.25) is 0 Å². The van der Waals surface area contributed by atoms with Crippen LogP contribution < -0.4 is 5.73 Å². The molecule has 0 radical (unpaired) electrons. The molecule has 0 spiro atoms. The number of rotatable bonds is 1. The number of hydrogen-bond donors (Lipinski definition) is 1. The Bertz CT molecular complexity index is 472. The molecule has 0 unspecified atom stereocenters. The first-order valence-electron chi connectivity index (χ1n) is 4.96. The molecule has 2 heteroatoms. The van der Waals surface area contributed by atoms with Gasteiger partial charge in [-0.3, -0.25) is 4.98 Å². The van der Waals surface area contributed by atoms with E-state index in [0.29, 0.717) is 0 Å². The van der Waals surface area contributed by atoms with Crippen molar-refractivity contribution >= 4 is 5.69 Å². The van der Waals surface area contributed by atoms with Crippen molar-refractivity contribution in [2.75, 3.05) is 5.73 Å². The van der Waals surface area contributed by atoms with E-state index in [1.54, 1.807) is 0 Å². The molecule has 0 saturated carbocycles. The first-order valence-corrected chi connectivity index (χ1v) is 4.96. The molecule has 1 aromatic heterocycles. The van der Waals surface area contributed by atoms with Gasteiger partial charge in [0.25, 0.3) is 0 Å². The first-order chi connectivity index (χ1) is 7.18. The maximum Gasteiger partial charge on any atom is 0.0407 e. The number of anilines is 1. The number of aromatic nitrogens is 1. The van der Waals surface area contributed by atoms with Crippen LogP contribution in [0, 0.1) is 13.8 Å². The van der Waals surface area contributed by atoms with Gasteiger partial charge in [0.15, 0.2) is 0 Å². The molecule has 2 nitrogen and oxygen atoms in total. The van der Waals surface area contributed by atoms with Crippen LogP contribution in [0.5, 0.6) is 0 Å². The number of nitrogens with two attached hydrogens (primary N) is 1. The minimum Gasteiger partial charge on any atom is -0.399 e. The lowest BCUT2D eigenvalue weighted by Crippen LogP contribution is -1.91. The molecule has 0 amide bonds. The molecule has 1 aromatic carbocycles. The van der Waals surface area contributed by atoms with Gasteiger partial charge >= 0.3 is 0 Å². The van der Waals surface area contributed by atoms with Crippen molar-refractivity contribution in [3.8, 4) is 11.1 Å². The van der Waals surface area contributed by atoms with Gasteiger partial charge in [-0.25, -0.2) is 0 Å². The molecular formula is C13H14N2. The topological polar surface area (TPSA) is 38.9 Å². The summed E-state index contributed by atoms with van der Waals surface area (Å²) in [7, 11) is 0. The van der Waals surface area contributed by atoms with Gasteiger partial charge < -0.3 is 5.73 Å². The lowest BCUT2D eigenvalue weighted by atomic mass is 10.0. The van der Waals surface area contributed by atoms with Gasteiger partial charge in [-0.15, -0.1) is 0 Å². The zero-order valence-electron chi connectivity index (χ0n) is 8.99. The van der Waals surface area contributed by atoms with E-state index in [4.69, 9.17) is 5.73 Å². The summed E-state index contributed by atoms with van der Waals surface area (Å²) in [6.07, 6.45) is 1.84. The zero-order valence-corrected chi connectivity index (χ0v) is 8.99. The fraction of sp³-hybridized carbons (Fsp3) is 0.154. The highest BCUT2D eigenvalue weighted by Gasteiger charge is 2.03. The van der Waals surface area contributed by atoms with Crippen LogP contribution in [0.1, 0.15) is 11.3 Å². The summed E-state index contributed by atoms with van der Waals surface area (Å²) < 4.78 is 0. The monoisotopic (exact) mass is 198 g/mol. The Morgan fingerprint density at radius 3 is 2.33 bits per heavy atom. The summed E-state index contributed by atoms with van der Waals surface area (Å²) in [6.45, 7) is 4.12. The van der Waals surface area contributed by atoms with Gasteiger partial charge in [-0.2, -0.15) is 0 Å². The van der Waals surface area contributed by atoms with Crippen molar-refractivity contribution in [3.05, 3.63) is 47.8 Å². The van der Waals surface area contributed by atoms with Crippen molar-refractivity contribution in [1.29, 1.82) is 0 Å². The number of benzene rings is 1. The van der Waals surface area contributed by atoms with E-state index < -0.39 is 0 Å². The summed E-state index contributed by atoms with van der Waals surface area (Å²) in [5, 5.41) is 0. The van der Waals surface area contributed by atoms with Crippen molar-refractivity contribution in [2.24, 2.45) is 0 Å². The second-order valence-electron chi connectivity index (χ2n) is 3.69. The molecule has 0 fully saturated rings. The van der Waals surface area contributed by atoms with E-state index in [0.717, 1.165) is 11.4 Å². The van der Waals surface area contributed by atoms with Crippen LogP contribution in [-0.4, -0.2) is 4.98 Å². The fourth-order valence-corrected chi connectivity index (χ4v) is 1.62. The average Bonchev–Trinajstić information content (AvgIpc) is 2.24. The van der Waals surface area contributed by atoms with Gasteiger partial charge in [0.2, 0.25) is 0 Å². The summed E-state index contributed by atoms with van der Waals surface area (Å²) >= 11 is 0. The highest BCUT2D eigenvalue weighted by Crippen LogP contribution is 2.24. The molecule has 0 aliphatic heterocycles. The van der Waals surface area contributed by atoms with Gasteiger partial charge in [0.05, 0.1) is 0 Å². The third-order valence-corrected chi connectivity index (χ3v) is 2.68. The Balaban J connectivity index is 2.54. The van der Waals surface area contributed by atoms with Crippen LogP contribution in [0.25, 0.3) is 11.1 Å². The quantitative estimate of drug-likeness (QED) is 0.715. The minimum atomic E-state index is 0.794. The maximum absolute atomic E-state index is 5.66. The number of aryl methyl sites for hydroxylation is 1. The second kappa shape index (κ2) is 3.73. The van der Waals surface area contributed by atoms with Crippen LogP contribution in [0.15, 0.2) is 36.5 Å². The van der Waals surface area contributed by atoms with E-state index in [1.165, 1.54) is 16.7 Å². The molecule has 0 atom stereocenters.